The summed E-state index contributed by atoms with van der Waals surface area (Å²) in [5, 5.41) is 0. The van der Waals surface area contributed by atoms with E-state index in [1.807, 2.05) is 0 Å². The Morgan fingerprint density at radius 3 is 2.56 bits per heavy atom. The highest BCUT2D eigenvalue weighted by Crippen LogP contribution is 2.43. The van der Waals surface area contributed by atoms with Gasteiger partial charge in [0, 0.05) is 0 Å². The first-order valence-electron chi connectivity index (χ1n) is 10.8. The molecule has 2 nitrogen and oxygen atoms in total. The number of rotatable bonds is 9. The molecule has 1 atom stereocenters. The van der Waals surface area contributed by atoms with Gasteiger partial charge in [0.15, 0.2) is 0 Å². The first-order valence-corrected chi connectivity index (χ1v) is 10.8. The molecule has 0 N–H and O–H groups in total. The number of hydrogen-bond acceptors (Lipinski definition) is 2. The molecule has 0 spiro atoms. The van der Waals surface area contributed by atoms with E-state index in [0.29, 0.717) is 0 Å². The standard InChI is InChI=1S/C23H37NO/c1-3-5-6-7-8-17-25-21-11-9-19-10-12-22(23(19)18-21)20-13-15-24(4-2)16-14-20/h9,11,18,20,22H,3-8,10,12-17H2,1-2H3. The van der Waals surface area contributed by atoms with Crippen molar-refractivity contribution in [3.63, 3.8) is 0 Å². The molecule has 1 aliphatic heterocycles. The first-order chi connectivity index (χ1) is 12.3. The van der Waals surface area contributed by atoms with Gasteiger partial charge in [-0.05, 0) is 86.8 Å². The third kappa shape index (κ3) is 5.00. The van der Waals surface area contributed by atoms with Crippen LogP contribution in [-0.2, 0) is 6.42 Å². The van der Waals surface area contributed by atoms with Crippen LogP contribution >= 0.6 is 0 Å². The summed E-state index contributed by atoms with van der Waals surface area (Å²) in [5.74, 6) is 2.77. The molecule has 0 amide bonds. The van der Waals surface area contributed by atoms with Gasteiger partial charge in [0.25, 0.3) is 0 Å². The lowest BCUT2D eigenvalue weighted by molar-refractivity contribution is 0.174. The lowest BCUT2D eigenvalue weighted by atomic mass is 9.81. The van der Waals surface area contributed by atoms with Crippen LogP contribution in [0.5, 0.6) is 5.75 Å². The largest absolute Gasteiger partial charge is 0.494 e. The van der Waals surface area contributed by atoms with Crippen molar-refractivity contribution in [2.45, 2.75) is 77.6 Å². The Morgan fingerprint density at radius 2 is 1.80 bits per heavy atom. The number of hydrogen-bond donors (Lipinski definition) is 0. The molecule has 2 aliphatic rings. The van der Waals surface area contributed by atoms with Gasteiger partial charge in [-0.1, -0.05) is 45.6 Å². The van der Waals surface area contributed by atoms with Crippen molar-refractivity contribution in [3.8, 4) is 5.75 Å². The highest BCUT2D eigenvalue weighted by Gasteiger charge is 2.32. The van der Waals surface area contributed by atoms with Crippen molar-refractivity contribution < 1.29 is 4.74 Å². The number of likely N-dealkylation sites (tertiary alicyclic amines) is 1. The van der Waals surface area contributed by atoms with Crippen molar-refractivity contribution in [2.24, 2.45) is 5.92 Å². The second-order valence-electron chi connectivity index (χ2n) is 8.04. The van der Waals surface area contributed by atoms with Gasteiger partial charge >= 0.3 is 0 Å². The van der Waals surface area contributed by atoms with E-state index in [0.717, 1.165) is 24.2 Å². The molecule has 0 saturated carbocycles. The fourth-order valence-electron chi connectivity index (χ4n) is 4.76. The highest BCUT2D eigenvalue weighted by atomic mass is 16.5. The Hall–Kier alpha value is -1.02. The predicted molar refractivity (Wildman–Crippen MR) is 107 cm³/mol. The minimum Gasteiger partial charge on any atom is -0.494 e. The van der Waals surface area contributed by atoms with Gasteiger partial charge in [-0.3, -0.25) is 0 Å². The van der Waals surface area contributed by atoms with E-state index >= 15 is 0 Å². The second-order valence-corrected chi connectivity index (χ2v) is 8.04. The topological polar surface area (TPSA) is 12.5 Å². The zero-order valence-electron chi connectivity index (χ0n) is 16.4. The first kappa shape index (κ1) is 18.8. The average molecular weight is 344 g/mol. The van der Waals surface area contributed by atoms with Gasteiger partial charge in [0.2, 0.25) is 0 Å². The van der Waals surface area contributed by atoms with Gasteiger partial charge in [-0.2, -0.15) is 0 Å². The summed E-state index contributed by atoms with van der Waals surface area (Å²) in [6, 6.07) is 6.92. The summed E-state index contributed by atoms with van der Waals surface area (Å²) in [5.41, 5.74) is 3.19. The summed E-state index contributed by atoms with van der Waals surface area (Å²) in [6.07, 6.45) is 11.9. The van der Waals surface area contributed by atoms with Crippen LogP contribution in [0, 0.1) is 5.92 Å². The summed E-state index contributed by atoms with van der Waals surface area (Å²) in [4.78, 5) is 2.60. The van der Waals surface area contributed by atoms with Gasteiger partial charge < -0.3 is 9.64 Å². The number of nitrogens with zero attached hydrogens (tertiary/aromatic N) is 1. The van der Waals surface area contributed by atoms with E-state index in [4.69, 9.17) is 4.74 Å². The Bertz CT molecular complexity index is 519. The van der Waals surface area contributed by atoms with Crippen LogP contribution in [0.4, 0.5) is 0 Å². The molecule has 1 heterocycles. The Morgan fingerprint density at radius 1 is 1.00 bits per heavy atom. The summed E-state index contributed by atoms with van der Waals surface area (Å²) in [7, 11) is 0. The third-order valence-electron chi connectivity index (χ3n) is 6.41. The Labute approximate surface area is 154 Å². The lowest BCUT2D eigenvalue weighted by Crippen LogP contribution is -2.35. The SMILES string of the molecule is CCCCCCCOc1ccc2c(c1)C(C1CCN(CC)CC1)CC2. The maximum Gasteiger partial charge on any atom is 0.119 e. The fraction of sp³-hybridized carbons (Fsp3) is 0.739. The second kappa shape index (κ2) is 9.62. The Kier molecular flexibility index (Phi) is 7.22. The van der Waals surface area contributed by atoms with Gasteiger partial charge in [0.05, 0.1) is 6.61 Å². The molecule has 1 aromatic rings. The third-order valence-corrected chi connectivity index (χ3v) is 6.41. The maximum absolute atomic E-state index is 6.07. The fourth-order valence-corrected chi connectivity index (χ4v) is 4.76. The molecule has 140 valence electrons. The van der Waals surface area contributed by atoms with Crippen LogP contribution in [0.25, 0.3) is 0 Å². The number of aryl methyl sites for hydroxylation is 1. The monoisotopic (exact) mass is 343 g/mol. The predicted octanol–water partition coefficient (Wildman–Crippen LogP) is 5.80. The minimum atomic E-state index is 0.780. The van der Waals surface area contributed by atoms with E-state index in [1.54, 1.807) is 11.1 Å². The summed E-state index contributed by atoms with van der Waals surface area (Å²) >= 11 is 0. The van der Waals surface area contributed by atoms with Crippen molar-refractivity contribution in [1.82, 2.24) is 4.90 Å². The molecular weight excluding hydrogens is 306 g/mol. The highest BCUT2D eigenvalue weighted by molar-refractivity contribution is 5.41. The molecule has 0 radical (unpaired) electrons. The normalized spacial score (nSPS) is 21.4. The van der Waals surface area contributed by atoms with Crippen LogP contribution in [0.2, 0.25) is 0 Å². The molecular formula is C23H37NO. The smallest absolute Gasteiger partial charge is 0.119 e. The number of benzene rings is 1. The van der Waals surface area contributed by atoms with Crippen LogP contribution in [0.1, 0.15) is 82.3 Å². The van der Waals surface area contributed by atoms with Crippen molar-refractivity contribution >= 4 is 0 Å². The van der Waals surface area contributed by atoms with Gasteiger partial charge in [-0.25, -0.2) is 0 Å². The van der Waals surface area contributed by atoms with Crippen LogP contribution in [-0.4, -0.2) is 31.1 Å². The van der Waals surface area contributed by atoms with E-state index in [-0.39, 0.29) is 0 Å². The van der Waals surface area contributed by atoms with E-state index in [9.17, 15) is 0 Å². The zero-order valence-corrected chi connectivity index (χ0v) is 16.4. The van der Waals surface area contributed by atoms with Crippen LogP contribution in [0.15, 0.2) is 18.2 Å². The van der Waals surface area contributed by atoms with E-state index < -0.39 is 0 Å². The molecule has 1 fully saturated rings. The molecule has 1 aromatic carbocycles. The number of unbranched alkanes of at least 4 members (excludes halogenated alkanes) is 4. The van der Waals surface area contributed by atoms with Crippen LogP contribution < -0.4 is 4.74 Å². The Balaban J connectivity index is 1.52. The van der Waals surface area contributed by atoms with Crippen molar-refractivity contribution in [2.75, 3.05) is 26.2 Å². The lowest BCUT2D eigenvalue weighted by Gasteiger charge is -2.34. The van der Waals surface area contributed by atoms with Gasteiger partial charge in [0.1, 0.15) is 5.75 Å². The molecule has 2 heteroatoms. The summed E-state index contributed by atoms with van der Waals surface area (Å²) in [6.45, 7) is 9.23. The average Bonchev–Trinajstić information content (AvgIpc) is 3.08. The van der Waals surface area contributed by atoms with Gasteiger partial charge in [-0.15, -0.1) is 0 Å². The molecule has 25 heavy (non-hydrogen) atoms. The van der Waals surface area contributed by atoms with Crippen LogP contribution in [0.3, 0.4) is 0 Å². The molecule has 3 rings (SSSR count). The zero-order chi connectivity index (χ0) is 17.5. The molecule has 0 bridgehead atoms. The minimum absolute atomic E-state index is 0.780. The molecule has 1 aliphatic carbocycles. The van der Waals surface area contributed by atoms with E-state index in [2.05, 4.69) is 36.9 Å². The summed E-state index contributed by atoms with van der Waals surface area (Å²) < 4.78 is 6.07. The maximum atomic E-state index is 6.07. The molecule has 0 aromatic heterocycles. The molecule has 1 saturated heterocycles. The van der Waals surface area contributed by atoms with Crippen molar-refractivity contribution in [3.05, 3.63) is 29.3 Å². The molecule has 1 unspecified atom stereocenters. The van der Waals surface area contributed by atoms with E-state index in [1.165, 1.54) is 77.4 Å². The quantitative estimate of drug-likeness (QED) is 0.526. The number of piperidine rings is 1. The van der Waals surface area contributed by atoms with Crippen molar-refractivity contribution in [1.29, 1.82) is 0 Å². The number of ether oxygens (including phenoxy) is 1. The number of fused-ring (bicyclic) bond motifs is 1.